The summed E-state index contributed by atoms with van der Waals surface area (Å²) in [6.07, 6.45) is 2.01. The van der Waals surface area contributed by atoms with Gasteiger partial charge in [-0.15, -0.1) is 4.73 Å². The Morgan fingerprint density at radius 1 is 1.25 bits per heavy atom. The minimum Gasteiger partial charge on any atom is -0.424 e. The van der Waals surface area contributed by atoms with E-state index in [0.717, 1.165) is 25.9 Å². The van der Waals surface area contributed by atoms with Gasteiger partial charge in [-0.1, -0.05) is 13.8 Å². The molecule has 1 rings (SSSR count). The molecule has 0 amide bonds. The minimum atomic E-state index is -0.181. The monoisotopic (exact) mass is 225 g/mol. The maximum absolute atomic E-state index is 9.36. The Balaban J connectivity index is 3.05. The second kappa shape index (κ2) is 5.48. The number of hydrogen-bond donors (Lipinski definition) is 2. The summed E-state index contributed by atoms with van der Waals surface area (Å²) in [5.41, 5.74) is -0.181. The van der Waals surface area contributed by atoms with E-state index in [4.69, 9.17) is 5.41 Å². The van der Waals surface area contributed by atoms with Crippen LogP contribution >= 0.6 is 0 Å². The summed E-state index contributed by atoms with van der Waals surface area (Å²) in [7, 11) is 0. The molecule has 0 unspecified atom stereocenters. The molecule has 0 aliphatic rings. The average Bonchev–Trinajstić information content (AvgIpc) is 2.25. The second-order valence-electron chi connectivity index (χ2n) is 3.69. The lowest BCUT2D eigenvalue weighted by molar-refractivity contribution is 0.153. The first-order valence-corrected chi connectivity index (χ1v) is 5.56. The van der Waals surface area contributed by atoms with Crippen molar-refractivity contribution in [2.75, 3.05) is 18.0 Å². The number of hydrogen-bond acceptors (Lipinski definition) is 5. The smallest absolute Gasteiger partial charge is 0.260 e. The Morgan fingerprint density at radius 2 is 1.81 bits per heavy atom. The van der Waals surface area contributed by atoms with Crippen LogP contribution in [-0.2, 0) is 0 Å². The lowest BCUT2D eigenvalue weighted by Crippen LogP contribution is -2.33. The Bertz CT molecular complexity index is 395. The highest BCUT2D eigenvalue weighted by Gasteiger charge is 2.10. The van der Waals surface area contributed by atoms with Gasteiger partial charge in [0, 0.05) is 13.1 Å². The minimum absolute atomic E-state index is 0.181. The summed E-state index contributed by atoms with van der Waals surface area (Å²) in [4.78, 5) is 10.2. The first-order chi connectivity index (χ1) is 7.60. The summed E-state index contributed by atoms with van der Waals surface area (Å²) in [5, 5.41) is 16.9. The van der Waals surface area contributed by atoms with Crippen molar-refractivity contribution in [2.24, 2.45) is 0 Å². The van der Waals surface area contributed by atoms with E-state index in [0.29, 0.717) is 16.5 Å². The van der Waals surface area contributed by atoms with Crippen LogP contribution in [0.5, 0.6) is 0 Å². The van der Waals surface area contributed by atoms with Gasteiger partial charge in [-0.25, -0.2) is 0 Å². The quantitative estimate of drug-likeness (QED) is 0.731. The fourth-order valence-corrected chi connectivity index (χ4v) is 1.51. The van der Waals surface area contributed by atoms with Crippen molar-refractivity contribution < 1.29 is 5.21 Å². The average molecular weight is 225 g/mol. The van der Waals surface area contributed by atoms with Crippen LogP contribution in [0.3, 0.4) is 0 Å². The van der Waals surface area contributed by atoms with Crippen molar-refractivity contribution in [3.63, 3.8) is 0 Å². The van der Waals surface area contributed by atoms with Crippen molar-refractivity contribution in [1.29, 1.82) is 5.41 Å². The number of aromatic nitrogens is 3. The van der Waals surface area contributed by atoms with Crippen molar-refractivity contribution in [1.82, 2.24) is 14.7 Å². The third-order valence-electron chi connectivity index (χ3n) is 2.24. The van der Waals surface area contributed by atoms with Crippen LogP contribution in [0.15, 0.2) is 0 Å². The van der Waals surface area contributed by atoms with Crippen LogP contribution in [0.4, 0.5) is 5.95 Å². The fourth-order valence-electron chi connectivity index (χ4n) is 1.51. The van der Waals surface area contributed by atoms with Gasteiger partial charge < -0.3 is 10.1 Å². The lowest BCUT2D eigenvalue weighted by Gasteiger charge is -2.21. The molecular formula is C10H19N5O. The Hall–Kier alpha value is -1.59. The van der Waals surface area contributed by atoms with Crippen molar-refractivity contribution in [3.05, 3.63) is 11.4 Å². The van der Waals surface area contributed by atoms with E-state index in [9.17, 15) is 5.21 Å². The molecule has 1 heterocycles. The molecule has 0 aliphatic carbocycles. The predicted octanol–water partition coefficient (Wildman–Crippen LogP) is 0.930. The zero-order valence-electron chi connectivity index (χ0n) is 10.1. The molecule has 1 aromatic heterocycles. The summed E-state index contributed by atoms with van der Waals surface area (Å²) in [5.74, 6) is 0.906. The molecule has 6 nitrogen and oxygen atoms in total. The number of aryl methyl sites for hydroxylation is 1. The van der Waals surface area contributed by atoms with Gasteiger partial charge in [0.25, 0.3) is 5.62 Å². The SMILES string of the molecule is CCCN(CCC)c1nc(C)n(O)c(=N)n1. The van der Waals surface area contributed by atoms with Crippen LogP contribution in [0.2, 0.25) is 0 Å². The normalized spacial score (nSPS) is 10.4. The molecule has 6 heteroatoms. The standard InChI is InChI=1S/C10H19N5O/c1-4-6-14(7-5-2)10-12-8(3)15(16)9(11)13-10/h11,16H,4-7H2,1-3H3. The third-order valence-corrected chi connectivity index (χ3v) is 2.24. The maximum Gasteiger partial charge on any atom is 0.260 e. The molecule has 16 heavy (non-hydrogen) atoms. The number of nitrogens with one attached hydrogen (secondary N) is 1. The van der Waals surface area contributed by atoms with E-state index in [1.54, 1.807) is 6.92 Å². The first kappa shape index (κ1) is 12.5. The number of rotatable bonds is 5. The van der Waals surface area contributed by atoms with E-state index in [1.165, 1.54) is 0 Å². The topological polar surface area (TPSA) is 78.0 Å². The predicted molar refractivity (Wildman–Crippen MR) is 60.6 cm³/mol. The van der Waals surface area contributed by atoms with Crippen LogP contribution < -0.4 is 10.5 Å². The molecule has 0 atom stereocenters. The van der Waals surface area contributed by atoms with E-state index >= 15 is 0 Å². The van der Waals surface area contributed by atoms with Gasteiger partial charge >= 0.3 is 0 Å². The summed E-state index contributed by atoms with van der Waals surface area (Å²) < 4.78 is 0.680. The van der Waals surface area contributed by atoms with Gasteiger partial charge in [0.05, 0.1) is 0 Å². The highest BCUT2D eigenvalue weighted by molar-refractivity contribution is 5.27. The molecule has 0 fully saturated rings. The number of nitrogens with zero attached hydrogens (tertiary/aromatic N) is 4. The first-order valence-electron chi connectivity index (χ1n) is 5.56. The molecule has 0 saturated carbocycles. The molecule has 0 aromatic carbocycles. The zero-order valence-corrected chi connectivity index (χ0v) is 10.1. The highest BCUT2D eigenvalue weighted by atomic mass is 16.5. The molecule has 1 aromatic rings. The zero-order chi connectivity index (χ0) is 12.1. The van der Waals surface area contributed by atoms with Gasteiger partial charge in [0.15, 0.2) is 0 Å². The van der Waals surface area contributed by atoms with E-state index < -0.39 is 0 Å². The molecule has 0 aliphatic heterocycles. The van der Waals surface area contributed by atoms with Crippen LogP contribution in [0.25, 0.3) is 0 Å². The largest absolute Gasteiger partial charge is 0.424 e. The van der Waals surface area contributed by atoms with Crippen molar-refractivity contribution in [3.8, 4) is 0 Å². The molecule has 90 valence electrons. The molecule has 2 N–H and O–H groups in total. The summed E-state index contributed by atoms with van der Waals surface area (Å²) in [6.45, 7) is 7.56. The number of anilines is 1. The fraction of sp³-hybridized carbons (Fsp3) is 0.700. The van der Waals surface area contributed by atoms with Crippen molar-refractivity contribution in [2.45, 2.75) is 33.6 Å². The van der Waals surface area contributed by atoms with Gasteiger partial charge in [0.2, 0.25) is 5.95 Å². The van der Waals surface area contributed by atoms with Gasteiger partial charge in [0.1, 0.15) is 5.82 Å². The van der Waals surface area contributed by atoms with E-state index in [-0.39, 0.29) is 5.62 Å². The lowest BCUT2D eigenvalue weighted by atomic mass is 10.4. The van der Waals surface area contributed by atoms with Crippen molar-refractivity contribution >= 4 is 5.95 Å². The Labute approximate surface area is 95.0 Å². The Morgan fingerprint density at radius 3 is 2.25 bits per heavy atom. The molecular weight excluding hydrogens is 206 g/mol. The van der Waals surface area contributed by atoms with Gasteiger partial charge in [-0.05, 0) is 19.8 Å². The van der Waals surface area contributed by atoms with Gasteiger partial charge in [-0.2, -0.15) is 9.97 Å². The highest BCUT2D eigenvalue weighted by Crippen LogP contribution is 2.06. The van der Waals surface area contributed by atoms with Crippen LogP contribution in [-0.4, -0.2) is 33.0 Å². The molecule has 0 spiro atoms. The van der Waals surface area contributed by atoms with Crippen LogP contribution in [0.1, 0.15) is 32.5 Å². The van der Waals surface area contributed by atoms with E-state index in [2.05, 4.69) is 23.8 Å². The Kier molecular flexibility index (Phi) is 4.28. The second-order valence-corrected chi connectivity index (χ2v) is 3.69. The molecule has 0 bridgehead atoms. The molecule has 0 saturated heterocycles. The third kappa shape index (κ3) is 2.71. The van der Waals surface area contributed by atoms with Gasteiger partial charge in [-0.3, -0.25) is 5.41 Å². The summed E-state index contributed by atoms with van der Waals surface area (Å²) in [6, 6.07) is 0. The van der Waals surface area contributed by atoms with Crippen LogP contribution in [0, 0.1) is 12.3 Å². The summed E-state index contributed by atoms with van der Waals surface area (Å²) >= 11 is 0. The maximum atomic E-state index is 9.36. The molecule has 0 radical (unpaired) electrons. The van der Waals surface area contributed by atoms with E-state index in [1.807, 2.05) is 4.90 Å².